The molecule has 0 aliphatic carbocycles. The van der Waals surface area contributed by atoms with E-state index >= 15 is 0 Å². The lowest BCUT2D eigenvalue weighted by molar-refractivity contribution is -0.124. The largest absolute Gasteiger partial charge is 0.348 e. The van der Waals surface area contributed by atoms with E-state index in [4.69, 9.17) is 0 Å². The monoisotopic (exact) mass is 334 g/mol. The standard InChI is InChI=1S/C16H19FN4OS/c1-18-15(10-8-19-21(2)9-10)16(22)20-13-5-6-23-14-4-3-11(17)7-12(13)14/h3-4,7-9,13,15,18H,5-6H2,1-2H3,(H,20,22). The predicted octanol–water partition coefficient (Wildman–Crippen LogP) is 2.17. The molecule has 1 aliphatic rings. The van der Waals surface area contributed by atoms with Gasteiger partial charge in [-0.3, -0.25) is 9.48 Å². The Morgan fingerprint density at radius 3 is 3.04 bits per heavy atom. The highest BCUT2D eigenvalue weighted by Crippen LogP contribution is 2.36. The molecule has 0 fully saturated rings. The van der Waals surface area contributed by atoms with Gasteiger partial charge in [0.05, 0.1) is 12.2 Å². The minimum absolute atomic E-state index is 0.132. The van der Waals surface area contributed by atoms with Gasteiger partial charge < -0.3 is 10.6 Å². The maximum atomic E-state index is 13.6. The van der Waals surface area contributed by atoms with Crippen molar-refractivity contribution in [3.8, 4) is 0 Å². The summed E-state index contributed by atoms with van der Waals surface area (Å²) < 4.78 is 15.2. The highest BCUT2D eigenvalue weighted by atomic mass is 32.2. The number of benzene rings is 1. The van der Waals surface area contributed by atoms with Crippen molar-refractivity contribution < 1.29 is 9.18 Å². The minimum atomic E-state index is -0.477. The fraction of sp³-hybridized carbons (Fsp3) is 0.375. The number of aryl methyl sites for hydroxylation is 1. The van der Waals surface area contributed by atoms with Crippen LogP contribution in [0.5, 0.6) is 0 Å². The third-order valence-electron chi connectivity index (χ3n) is 3.94. The first-order valence-corrected chi connectivity index (χ1v) is 8.45. The normalized spacial score (nSPS) is 18.3. The molecule has 0 saturated heterocycles. The van der Waals surface area contributed by atoms with Gasteiger partial charge in [-0.1, -0.05) is 0 Å². The fourth-order valence-corrected chi connectivity index (χ4v) is 3.91. The predicted molar refractivity (Wildman–Crippen MR) is 87.6 cm³/mol. The molecular weight excluding hydrogens is 315 g/mol. The number of carbonyl (C=O) groups is 1. The van der Waals surface area contributed by atoms with Gasteiger partial charge in [0.25, 0.3) is 0 Å². The summed E-state index contributed by atoms with van der Waals surface area (Å²) >= 11 is 1.70. The number of hydrogen-bond donors (Lipinski definition) is 2. The lowest BCUT2D eigenvalue weighted by Crippen LogP contribution is -2.39. The number of rotatable bonds is 4. The first kappa shape index (κ1) is 16.0. The van der Waals surface area contributed by atoms with E-state index in [1.165, 1.54) is 12.1 Å². The molecule has 2 N–H and O–H groups in total. The van der Waals surface area contributed by atoms with Gasteiger partial charge in [0.2, 0.25) is 5.91 Å². The summed E-state index contributed by atoms with van der Waals surface area (Å²) in [4.78, 5) is 13.7. The number of carbonyl (C=O) groups excluding carboxylic acids is 1. The Kier molecular flexibility index (Phi) is 4.68. The quantitative estimate of drug-likeness (QED) is 0.900. The Labute approximate surface area is 138 Å². The topological polar surface area (TPSA) is 59.0 Å². The molecule has 0 spiro atoms. The summed E-state index contributed by atoms with van der Waals surface area (Å²) in [5, 5.41) is 10.2. The Bertz CT molecular complexity index is 718. The van der Waals surface area contributed by atoms with Crippen LogP contribution >= 0.6 is 11.8 Å². The van der Waals surface area contributed by atoms with E-state index < -0.39 is 6.04 Å². The van der Waals surface area contributed by atoms with Crippen molar-refractivity contribution in [2.45, 2.75) is 23.4 Å². The number of fused-ring (bicyclic) bond motifs is 1. The molecule has 1 aliphatic heterocycles. The summed E-state index contributed by atoms with van der Waals surface area (Å²) in [6.07, 6.45) is 4.27. The molecule has 1 amide bonds. The Hall–Kier alpha value is -1.86. The number of thioether (sulfide) groups is 1. The van der Waals surface area contributed by atoms with Crippen LogP contribution in [0.3, 0.4) is 0 Å². The number of likely N-dealkylation sites (N-methyl/N-ethyl adjacent to an activating group) is 1. The first-order chi connectivity index (χ1) is 11.1. The van der Waals surface area contributed by atoms with Crippen LogP contribution in [0, 0.1) is 5.82 Å². The lowest BCUT2D eigenvalue weighted by atomic mass is 10.0. The molecule has 0 bridgehead atoms. The van der Waals surface area contributed by atoms with Gasteiger partial charge in [0.1, 0.15) is 11.9 Å². The van der Waals surface area contributed by atoms with Crippen LogP contribution in [-0.4, -0.2) is 28.5 Å². The Balaban J connectivity index is 1.79. The van der Waals surface area contributed by atoms with Crippen molar-refractivity contribution in [2.24, 2.45) is 7.05 Å². The summed E-state index contributed by atoms with van der Waals surface area (Å²) in [5.41, 5.74) is 1.66. The molecule has 122 valence electrons. The van der Waals surface area contributed by atoms with Crippen LogP contribution in [0.15, 0.2) is 35.5 Å². The van der Waals surface area contributed by atoms with Gasteiger partial charge in [-0.15, -0.1) is 11.8 Å². The Morgan fingerprint density at radius 2 is 2.35 bits per heavy atom. The van der Waals surface area contributed by atoms with Crippen LogP contribution in [0.1, 0.15) is 29.6 Å². The van der Waals surface area contributed by atoms with Crippen molar-refractivity contribution >= 4 is 17.7 Å². The van der Waals surface area contributed by atoms with Crippen LogP contribution in [0.2, 0.25) is 0 Å². The molecule has 5 nitrogen and oxygen atoms in total. The number of nitrogens with one attached hydrogen (secondary N) is 2. The number of nitrogens with zero attached hydrogens (tertiary/aromatic N) is 2. The first-order valence-electron chi connectivity index (χ1n) is 7.47. The lowest BCUT2D eigenvalue weighted by Gasteiger charge is -2.27. The van der Waals surface area contributed by atoms with Crippen LogP contribution in [0.25, 0.3) is 0 Å². The average molecular weight is 334 g/mol. The molecule has 1 aromatic carbocycles. The number of hydrogen-bond acceptors (Lipinski definition) is 4. The molecule has 23 heavy (non-hydrogen) atoms. The van der Waals surface area contributed by atoms with E-state index in [9.17, 15) is 9.18 Å². The summed E-state index contributed by atoms with van der Waals surface area (Å²) in [5.74, 6) is 0.497. The van der Waals surface area contributed by atoms with E-state index in [2.05, 4.69) is 15.7 Å². The molecule has 3 rings (SSSR count). The maximum absolute atomic E-state index is 13.6. The van der Waals surface area contributed by atoms with Crippen molar-refractivity contribution in [3.05, 3.63) is 47.5 Å². The van der Waals surface area contributed by atoms with Crippen LogP contribution < -0.4 is 10.6 Å². The van der Waals surface area contributed by atoms with Gasteiger partial charge >= 0.3 is 0 Å². The van der Waals surface area contributed by atoms with E-state index in [1.54, 1.807) is 35.8 Å². The zero-order valence-electron chi connectivity index (χ0n) is 13.0. The molecule has 2 unspecified atom stereocenters. The minimum Gasteiger partial charge on any atom is -0.348 e. The second-order valence-corrected chi connectivity index (χ2v) is 6.69. The molecule has 7 heteroatoms. The zero-order valence-corrected chi connectivity index (χ0v) is 13.9. The zero-order chi connectivity index (χ0) is 16.4. The Morgan fingerprint density at radius 1 is 1.52 bits per heavy atom. The van der Waals surface area contributed by atoms with Gasteiger partial charge in [-0.05, 0) is 37.2 Å². The number of halogens is 1. The van der Waals surface area contributed by atoms with Crippen molar-refractivity contribution in [1.29, 1.82) is 0 Å². The van der Waals surface area contributed by atoms with E-state index in [0.717, 1.165) is 28.2 Å². The van der Waals surface area contributed by atoms with Gasteiger partial charge in [-0.2, -0.15) is 5.10 Å². The summed E-state index contributed by atoms with van der Waals surface area (Å²) in [7, 11) is 3.55. The van der Waals surface area contributed by atoms with E-state index in [-0.39, 0.29) is 17.8 Å². The van der Waals surface area contributed by atoms with E-state index in [0.29, 0.717) is 0 Å². The second-order valence-electron chi connectivity index (χ2n) is 5.55. The van der Waals surface area contributed by atoms with Crippen molar-refractivity contribution in [1.82, 2.24) is 20.4 Å². The fourth-order valence-electron chi connectivity index (χ4n) is 2.81. The third-order valence-corrected chi connectivity index (χ3v) is 5.06. The van der Waals surface area contributed by atoms with Crippen molar-refractivity contribution in [3.63, 3.8) is 0 Å². The smallest absolute Gasteiger partial charge is 0.242 e. The molecule has 2 atom stereocenters. The summed E-state index contributed by atoms with van der Waals surface area (Å²) in [6, 6.07) is 4.12. The van der Waals surface area contributed by atoms with Gasteiger partial charge in [0.15, 0.2) is 0 Å². The molecule has 0 radical (unpaired) electrons. The average Bonchev–Trinajstić information content (AvgIpc) is 2.95. The molecule has 2 heterocycles. The summed E-state index contributed by atoms with van der Waals surface area (Å²) in [6.45, 7) is 0. The number of amides is 1. The molecule has 2 aromatic rings. The highest BCUT2D eigenvalue weighted by molar-refractivity contribution is 7.99. The van der Waals surface area contributed by atoms with Crippen LogP contribution in [-0.2, 0) is 11.8 Å². The number of aromatic nitrogens is 2. The van der Waals surface area contributed by atoms with E-state index in [1.807, 2.05) is 13.2 Å². The van der Waals surface area contributed by atoms with Gasteiger partial charge in [0, 0.05) is 29.5 Å². The van der Waals surface area contributed by atoms with Crippen LogP contribution in [0.4, 0.5) is 4.39 Å². The third kappa shape index (κ3) is 3.40. The SMILES string of the molecule is CNC(C(=O)NC1CCSc2ccc(F)cc21)c1cnn(C)c1. The molecule has 0 saturated carbocycles. The second kappa shape index (κ2) is 6.72. The maximum Gasteiger partial charge on any atom is 0.242 e. The highest BCUT2D eigenvalue weighted by Gasteiger charge is 2.27. The van der Waals surface area contributed by atoms with Crippen molar-refractivity contribution in [2.75, 3.05) is 12.8 Å². The van der Waals surface area contributed by atoms with Gasteiger partial charge in [-0.25, -0.2) is 4.39 Å². The molecule has 1 aromatic heterocycles. The molecular formula is C16H19FN4OS.